The van der Waals surface area contributed by atoms with Crippen LogP contribution in [0.5, 0.6) is 0 Å². The molecule has 0 heteroatoms. The van der Waals surface area contributed by atoms with E-state index in [-0.39, 0.29) is 5.92 Å². The average molecular weight is 821 g/mol. The summed E-state index contributed by atoms with van der Waals surface area (Å²) in [6, 6.07) is 32.6. The lowest BCUT2D eigenvalue weighted by atomic mass is 9.67. The van der Waals surface area contributed by atoms with Gasteiger partial charge >= 0.3 is 0 Å². The Labute approximate surface area is 377 Å². The maximum absolute atomic E-state index is 2.69. The van der Waals surface area contributed by atoms with Crippen molar-refractivity contribution >= 4 is 43.8 Å². The Balaban J connectivity index is 0.997. The van der Waals surface area contributed by atoms with Crippen LogP contribution in [-0.4, -0.2) is 0 Å². The fraction of sp³-hybridized carbons (Fsp3) is 0.219. The second-order valence-corrected chi connectivity index (χ2v) is 19.8. The van der Waals surface area contributed by atoms with Gasteiger partial charge in [0.05, 0.1) is 0 Å². The Morgan fingerprint density at radius 2 is 1.42 bits per heavy atom. The Kier molecular flexibility index (Phi) is 8.38. The largest absolute Gasteiger partial charge is 0.0879 e. The summed E-state index contributed by atoms with van der Waals surface area (Å²) in [4.78, 5) is 0. The van der Waals surface area contributed by atoms with Crippen molar-refractivity contribution in [3.8, 4) is 22.3 Å². The van der Waals surface area contributed by atoms with Crippen molar-refractivity contribution in [2.45, 2.75) is 57.8 Å². The van der Waals surface area contributed by atoms with E-state index in [0.29, 0.717) is 23.7 Å². The van der Waals surface area contributed by atoms with Crippen molar-refractivity contribution in [2.75, 3.05) is 0 Å². The molecule has 9 aliphatic rings. The van der Waals surface area contributed by atoms with Gasteiger partial charge in [-0.3, -0.25) is 0 Å². The fourth-order valence-electron chi connectivity index (χ4n) is 13.7. The maximum Gasteiger partial charge on any atom is 0.0206 e. The van der Waals surface area contributed by atoms with Gasteiger partial charge in [0.2, 0.25) is 0 Å². The topological polar surface area (TPSA) is 0 Å². The highest BCUT2D eigenvalue weighted by Crippen LogP contribution is 2.64. The molecule has 14 rings (SSSR count). The molecular weight excluding hydrogens is 769 g/mol. The van der Waals surface area contributed by atoms with Crippen molar-refractivity contribution in [1.29, 1.82) is 0 Å². The molecule has 0 amide bonds. The van der Waals surface area contributed by atoms with E-state index >= 15 is 0 Å². The van der Waals surface area contributed by atoms with E-state index in [1.165, 1.54) is 108 Å². The summed E-state index contributed by atoms with van der Waals surface area (Å²) in [5, 5.41) is 5.62. The smallest absolute Gasteiger partial charge is 0.0206 e. The van der Waals surface area contributed by atoms with Gasteiger partial charge in [0, 0.05) is 17.8 Å². The number of hydrogen-bond donors (Lipinski definition) is 0. The van der Waals surface area contributed by atoms with Crippen molar-refractivity contribution in [2.24, 2.45) is 29.6 Å². The van der Waals surface area contributed by atoms with Crippen LogP contribution in [0.2, 0.25) is 0 Å². The van der Waals surface area contributed by atoms with Gasteiger partial charge < -0.3 is 0 Å². The highest BCUT2D eigenvalue weighted by atomic mass is 14.5. The third kappa shape index (κ3) is 5.48. The Bertz CT molecular complexity index is 3280. The molecule has 64 heavy (non-hydrogen) atoms. The molecule has 5 atom stereocenters. The van der Waals surface area contributed by atoms with E-state index in [0.717, 1.165) is 38.5 Å². The molecule has 0 saturated heterocycles. The lowest BCUT2D eigenvalue weighted by Crippen LogP contribution is -2.23. The van der Waals surface area contributed by atoms with E-state index in [9.17, 15) is 0 Å². The normalized spacial score (nSPS) is 25.8. The van der Waals surface area contributed by atoms with Crippen LogP contribution in [0.1, 0.15) is 80.0 Å². The van der Waals surface area contributed by atoms with E-state index < -0.39 is 0 Å². The first-order valence-corrected chi connectivity index (χ1v) is 24.3. The van der Waals surface area contributed by atoms with Crippen LogP contribution in [0.3, 0.4) is 0 Å². The Morgan fingerprint density at radius 1 is 0.562 bits per heavy atom. The Morgan fingerprint density at radius 3 is 2.25 bits per heavy atom. The molecule has 0 spiro atoms. The fourth-order valence-corrected chi connectivity index (χ4v) is 13.7. The molecule has 0 bridgehead atoms. The monoisotopic (exact) mass is 820 g/mol. The summed E-state index contributed by atoms with van der Waals surface area (Å²) in [5.74, 6) is 2.23. The van der Waals surface area contributed by atoms with Gasteiger partial charge in [-0.25, -0.2) is 0 Å². The van der Waals surface area contributed by atoms with Gasteiger partial charge in [-0.05, 0) is 192 Å². The lowest BCUT2D eigenvalue weighted by Gasteiger charge is -2.36. The SMILES string of the molecule is C1=CCC(C2C=C(C3C=CCCC3)C=C(C3=CC4=C(C=C5c6c(c(-c7ccccc7)c7cc8c9c(cccc9c7c6-c6ccccc6)C6=C8CCC=C6)C6=CC=CC4C65)CC3)C2)C=C1. The van der Waals surface area contributed by atoms with Gasteiger partial charge in [-0.15, -0.1) is 0 Å². The zero-order chi connectivity index (χ0) is 41.9. The molecule has 0 fully saturated rings. The van der Waals surface area contributed by atoms with Crippen LogP contribution in [-0.2, 0) is 0 Å². The molecule has 5 aromatic carbocycles. The van der Waals surface area contributed by atoms with E-state index in [2.05, 4.69) is 176 Å². The molecule has 0 radical (unpaired) electrons. The minimum absolute atomic E-state index is 0.276. The first-order chi connectivity index (χ1) is 31.8. The van der Waals surface area contributed by atoms with Gasteiger partial charge in [0.25, 0.3) is 0 Å². The van der Waals surface area contributed by atoms with E-state index in [4.69, 9.17) is 0 Å². The highest BCUT2D eigenvalue weighted by molar-refractivity contribution is 6.30. The summed E-state index contributed by atoms with van der Waals surface area (Å²) >= 11 is 0. The molecule has 308 valence electrons. The molecule has 0 aliphatic heterocycles. The van der Waals surface area contributed by atoms with Crippen LogP contribution in [0, 0.1) is 29.6 Å². The van der Waals surface area contributed by atoms with Crippen LogP contribution in [0.4, 0.5) is 0 Å². The summed E-state index contributed by atoms with van der Waals surface area (Å²) in [7, 11) is 0. The zero-order valence-corrected chi connectivity index (χ0v) is 36.5. The van der Waals surface area contributed by atoms with Crippen LogP contribution >= 0.6 is 0 Å². The maximum atomic E-state index is 2.69. The number of hydrogen-bond acceptors (Lipinski definition) is 0. The van der Waals surface area contributed by atoms with Gasteiger partial charge in [-0.2, -0.15) is 0 Å². The predicted molar refractivity (Wildman–Crippen MR) is 271 cm³/mol. The minimum Gasteiger partial charge on any atom is -0.0879 e. The molecule has 5 unspecified atom stereocenters. The third-order valence-corrected chi connectivity index (χ3v) is 16.5. The molecular formula is C64H52. The molecule has 5 aromatic rings. The van der Waals surface area contributed by atoms with Crippen LogP contribution in [0.25, 0.3) is 66.1 Å². The van der Waals surface area contributed by atoms with Crippen LogP contribution in [0.15, 0.2) is 204 Å². The molecule has 0 N–H and O–H groups in total. The molecule has 0 aromatic heterocycles. The van der Waals surface area contributed by atoms with Gasteiger partial charge in [0.15, 0.2) is 0 Å². The third-order valence-electron chi connectivity index (χ3n) is 16.5. The van der Waals surface area contributed by atoms with Crippen molar-refractivity contribution in [3.63, 3.8) is 0 Å². The zero-order valence-electron chi connectivity index (χ0n) is 36.5. The predicted octanol–water partition coefficient (Wildman–Crippen LogP) is 16.9. The first-order valence-electron chi connectivity index (χ1n) is 24.3. The van der Waals surface area contributed by atoms with Crippen molar-refractivity contribution in [1.82, 2.24) is 0 Å². The first kappa shape index (κ1) is 36.9. The number of benzene rings is 5. The lowest BCUT2D eigenvalue weighted by molar-refractivity contribution is 0.459. The van der Waals surface area contributed by atoms with E-state index in [1.807, 2.05) is 0 Å². The number of fused-ring (bicyclic) bond motifs is 8. The van der Waals surface area contributed by atoms with Crippen molar-refractivity contribution in [3.05, 3.63) is 226 Å². The summed E-state index contributed by atoms with van der Waals surface area (Å²) in [5.41, 5.74) is 25.0. The van der Waals surface area contributed by atoms with Crippen molar-refractivity contribution < 1.29 is 0 Å². The van der Waals surface area contributed by atoms with E-state index in [1.54, 1.807) is 27.9 Å². The summed E-state index contributed by atoms with van der Waals surface area (Å²) < 4.78 is 0. The second-order valence-electron chi connectivity index (χ2n) is 19.8. The summed E-state index contributed by atoms with van der Waals surface area (Å²) in [6.07, 6.45) is 47.7. The average Bonchev–Trinajstić information content (AvgIpc) is 3.87. The number of allylic oxidation sites excluding steroid dienone is 24. The standard InChI is InChI=1S/C64H52/c1-5-17-39(18-6-1)45-33-46(40-19-7-2-8-20-40)35-47(34-45)43-31-32-44-37-56-61-51(54(44)36-43)28-16-30-53(61)63-58(41-21-9-3-10-22-41)57-38-55-49-26-14-13-25-48(49)50-27-15-29-52(60(50)55)62(57)59(64(56)63)42-23-11-4-12-24-42/h1,3-7,9-13,15-17,19,21-25,27-30,33,35-40,45,51,61H,2,8,14,18,20,26,31-32,34H2. The number of rotatable bonds is 5. The quantitative estimate of drug-likeness (QED) is 0.122. The molecule has 0 nitrogen and oxygen atoms in total. The van der Waals surface area contributed by atoms with Gasteiger partial charge in [-0.1, -0.05) is 170 Å². The minimum atomic E-state index is 0.276. The summed E-state index contributed by atoms with van der Waals surface area (Å²) in [6.45, 7) is 0. The van der Waals surface area contributed by atoms with Gasteiger partial charge in [0.1, 0.15) is 0 Å². The Hall–Kier alpha value is -6.50. The molecule has 9 aliphatic carbocycles. The molecule has 0 saturated carbocycles. The van der Waals surface area contributed by atoms with Crippen LogP contribution < -0.4 is 0 Å². The highest BCUT2D eigenvalue weighted by Gasteiger charge is 2.46. The molecule has 0 heterocycles. The second kappa shape index (κ2) is 14.5.